The van der Waals surface area contributed by atoms with Crippen molar-refractivity contribution in [2.75, 3.05) is 5.32 Å². The third-order valence-corrected chi connectivity index (χ3v) is 6.29. The summed E-state index contributed by atoms with van der Waals surface area (Å²) in [6, 6.07) is 7.61. The zero-order valence-electron chi connectivity index (χ0n) is 13.3. The zero-order valence-corrected chi connectivity index (χ0v) is 15.8. The van der Waals surface area contributed by atoms with Crippen LogP contribution in [-0.2, 0) is 5.75 Å². The molecule has 0 radical (unpaired) electrons. The highest BCUT2D eigenvalue weighted by molar-refractivity contribution is 8.00. The van der Waals surface area contributed by atoms with Gasteiger partial charge in [0.1, 0.15) is 10.8 Å². The Balaban J connectivity index is 1.45. The molecule has 0 spiro atoms. The third-order valence-electron chi connectivity index (χ3n) is 3.22. The molecule has 0 aliphatic rings. The van der Waals surface area contributed by atoms with E-state index in [9.17, 15) is 9.18 Å². The van der Waals surface area contributed by atoms with E-state index in [1.807, 2.05) is 0 Å². The van der Waals surface area contributed by atoms with Gasteiger partial charge in [-0.3, -0.25) is 4.79 Å². The summed E-state index contributed by atoms with van der Waals surface area (Å²) in [5.41, 5.74) is 1.11. The number of benzene rings is 1. The Bertz CT molecular complexity index is 1140. The first-order valence-corrected chi connectivity index (χ1v) is 10.0. The molecule has 0 fully saturated rings. The molecule has 0 aliphatic carbocycles. The average molecular weight is 406 g/mol. The summed E-state index contributed by atoms with van der Waals surface area (Å²) in [5, 5.41) is 16.8. The minimum absolute atomic E-state index is 0.183. The van der Waals surface area contributed by atoms with Crippen LogP contribution in [0.5, 0.6) is 0 Å². The maximum atomic E-state index is 13.2. The van der Waals surface area contributed by atoms with Crippen molar-refractivity contribution in [3.63, 3.8) is 0 Å². The second kappa shape index (κ2) is 7.09. The highest BCUT2D eigenvalue weighted by Gasteiger charge is 2.11. The van der Waals surface area contributed by atoms with Crippen LogP contribution in [0.15, 0.2) is 39.5 Å². The van der Waals surface area contributed by atoms with E-state index >= 15 is 0 Å². The number of rotatable bonds is 5. The number of nitrogens with zero attached hydrogens (tertiary/aromatic N) is 5. The highest BCUT2D eigenvalue weighted by Crippen LogP contribution is 2.30. The summed E-state index contributed by atoms with van der Waals surface area (Å²) in [4.78, 5) is 16.8. The highest BCUT2D eigenvalue weighted by atomic mass is 32.2. The molecule has 11 heteroatoms. The quantitative estimate of drug-likeness (QED) is 0.508. The number of thioether (sulfide) groups is 1. The van der Waals surface area contributed by atoms with Gasteiger partial charge in [0.05, 0.1) is 5.75 Å². The largest absolute Gasteiger partial charge is 0.330 e. The average Bonchev–Trinajstić information content (AvgIpc) is 3.19. The minimum Gasteiger partial charge on any atom is -0.330 e. The molecule has 7 nitrogen and oxygen atoms in total. The second-order valence-electron chi connectivity index (χ2n) is 5.22. The maximum absolute atomic E-state index is 13.2. The summed E-state index contributed by atoms with van der Waals surface area (Å²) in [7, 11) is 0. The summed E-state index contributed by atoms with van der Waals surface area (Å²) in [5.74, 6) is 0.241. The lowest BCUT2D eigenvalue weighted by molar-refractivity contribution is 0.628. The molecule has 4 rings (SSSR count). The lowest BCUT2D eigenvalue weighted by Gasteiger charge is -2.00. The fourth-order valence-corrected chi connectivity index (χ4v) is 4.85. The molecule has 3 aromatic heterocycles. The van der Waals surface area contributed by atoms with Crippen molar-refractivity contribution in [2.24, 2.45) is 0 Å². The van der Waals surface area contributed by atoms with Crippen molar-refractivity contribution in [1.29, 1.82) is 0 Å². The van der Waals surface area contributed by atoms with E-state index in [0.29, 0.717) is 27.2 Å². The summed E-state index contributed by atoms with van der Waals surface area (Å²) in [6.45, 7) is 1.78. The van der Waals surface area contributed by atoms with Gasteiger partial charge in [0.25, 0.3) is 5.56 Å². The molecule has 3 heterocycles. The van der Waals surface area contributed by atoms with Crippen LogP contribution in [0.3, 0.4) is 0 Å². The lowest BCUT2D eigenvalue weighted by atomic mass is 10.3. The molecular formula is C15H11FN6OS3. The van der Waals surface area contributed by atoms with Crippen molar-refractivity contribution in [3.05, 3.63) is 57.2 Å². The Kier molecular flexibility index (Phi) is 4.66. The van der Waals surface area contributed by atoms with Crippen molar-refractivity contribution in [2.45, 2.75) is 17.0 Å². The van der Waals surface area contributed by atoms with Crippen molar-refractivity contribution < 1.29 is 4.39 Å². The van der Waals surface area contributed by atoms with Gasteiger partial charge in [-0.1, -0.05) is 40.5 Å². The number of anilines is 2. The number of hydrogen-bond acceptors (Lipinski definition) is 9. The fraction of sp³-hybridized carbons (Fsp3) is 0.133. The number of halogens is 1. The number of hydrogen-bond donors (Lipinski definition) is 1. The predicted molar refractivity (Wildman–Crippen MR) is 101 cm³/mol. The van der Waals surface area contributed by atoms with Crippen LogP contribution < -0.4 is 10.9 Å². The van der Waals surface area contributed by atoms with Crippen molar-refractivity contribution >= 4 is 50.2 Å². The van der Waals surface area contributed by atoms with E-state index in [0.717, 1.165) is 9.35 Å². The van der Waals surface area contributed by atoms with E-state index in [1.54, 1.807) is 19.1 Å². The standard InChI is InChI=1S/C15H11FN6OS3/c1-8-5-12(23)22-14(17-8)25-11(21-22)7-24-15-20-19-13(26-15)18-10-4-2-3-9(16)6-10/h2-6H,7H2,1H3,(H,18,19). The van der Waals surface area contributed by atoms with Gasteiger partial charge < -0.3 is 5.32 Å². The maximum Gasteiger partial charge on any atom is 0.275 e. The molecule has 26 heavy (non-hydrogen) atoms. The first-order valence-electron chi connectivity index (χ1n) is 7.42. The predicted octanol–water partition coefficient (Wildman–Crippen LogP) is 3.49. The molecule has 0 atom stereocenters. The summed E-state index contributed by atoms with van der Waals surface area (Å²) < 4.78 is 15.3. The van der Waals surface area contributed by atoms with E-state index in [2.05, 4.69) is 25.6 Å². The van der Waals surface area contributed by atoms with Gasteiger partial charge in [0.15, 0.2) is 4.34 Å². The Morgan fingerprint density at radius 1 is 1.27 bits per heavy atom. The molecule has 0 aliphatic heterocycles. The summed E-state index contributed by atoms with van der Waals surface area (Å²) in [6.07, 6.45) is 0. The van der Waals surface area contributed by atoms with Gasteiger partial charge in [-0.05, 0) is 25.1 Å². The number of aryl methyl sites for hydroxylation is 1. The Morgan fingerprint density at radius 2 is 2.15 bits per heavy atom. The number of nitrogens with one attached hydrogen (secondary N) is 1. The smallest absolute Gasteiger partial charge is 0.275 e. The van der Waals surface area contributed by atoms with Crippen LogP contribution in [0.2, 0.25) is 0 Å². The van der Waals surface area contributed by atoms with Gasteiger partial charge >= 0.3 is 0 Å². The molecular weight excluding hydrogens is 395 g/mol. The lowest BCUT2D eigenvalue weighted by Crippen LogP contribution is -2.14. The molecule has 0 amide bonds. The summed E-state index contributed by atoms with van der Waals surface area (Å²) >= 11 is 4.21. The Hall–Kier alpha value is -2.37. The van der Waals surface area contributed by atoms with Crippen molar-refractivity contribution in [1.82, 2.24) is 24.8 Å². The SMILES string of the molecule is Cc1cc(=O)n2nc(CSc3nnc(Nc4cccc(F)c4)s3)sc2n1. The third kappa shape index (κ3) is 3.74. The Morgan fingerprint density at radius 3 is 3.00 bits per heavy atom. The molecule has 0 saturated heterocycles. The molecule has 0 unspecified atom stereocenters. The van der Waals surface area contributed by atoms with Gasteiger partial charge in [0, 0.05) is 17.4 Å². The number of aromatic nitrogens is 5. The number of fused-ring (bicyclic) bond motifs is 1. The van der Waals surface area contributed by atoms with Gasteiger partial charge in [-0.25, -0.2) is 9.37 Å². The second-order valence-corrected chi connectivity index (χ2v) is 8.46. The van der Waals surface area contributed by atoms with Crippen molar-refractivity contribution in [3.8, 4) is 0 Å². The molecule has 0 bridgehead atoms. The van der Waals surface area contributed by atoms with Crippen LogP contribution >= 0.6 is 34.4 Å². The fourth-order valence-electron chi connectivity index (χ4n) is 2.15. The minimum atomic E-state index is -0.316. The molecule has 1 N–H and O–H groups in total. The molecule has 132 valence electrons. The first kappa shape index (κ1) is 17.1. The van der Waals surface area contributed by atoms with E-state index < -0.39 is 0 Å². The Labute approximate surface area is 159 Å². The topological polar surface area (TPSA) is 85.1 Å². The van der Waals surface area contributed by atoms with Gasteiger partial charge in [-0.2, -0.15) is 9.61 Å². The normalized spacial score (nSPS) is 11.2. The van der Waals surface area contributed by atoms with Crippen LogP contribution in [0, 0.1) is 12.7 Å². The molecule has 4 aromatic rings. The van der Waals surface area contributed by atoms with Gasteiger partial charge in [-0.15, -0.1) is 10.2 Å². The monoisotopic (exact) mass is 406 g/mol. The van der Waals surface area contributed by atoms with Gasteiger partial charge in [0.2, 0.25) is 10.1 Å². The zero-order chi connectivity index (χ0) is 18.1. The molecule has 1 aromatic carbocycles. The van der Waals surface area contributed by atoms with E-state index in [1.165, 1.54) is 57.1 Å². The van der Waals surface area contributed by atoms with Crippen LogP contribution in [0.4, 0.5) is 15.2 Å². The molecule has 0 saturated carbocycles. The van der Waals surface area contributed by atoms with Crippen LogP contribution in [0.25, 0.3) is 4.96 Å². The van der Waals surface area contributed by atoms with E-state index in [4.69, 9.17) is 0 Å². The van der Waals surface area contributed by atoms with Crippen LogP contribution in [0.1, 0.15) is 10.7 Å². The van der Waals surface area contributed by atoms with Crippen LogP contribution in [-0.4, -0.2) is 24.8 Å². The first-order chi connectivity index (χ1) is 12.6. The van der Waals surface area contributed by atoms with E-state index in [-0.39, 0.29) is 11.4 Å².